The van der Waals surface area contributed by atoms with Gasteiger partial charge in [0.15, 0.2) is 24.1 Å². The molecule has 1 N–H and O–H groups in total. The van der Waals surface area contributed by atoms with Crippen LogP contribution in [0.15, 0.2) is 59.5 Å². The van der Waals surface area contributed by atoms with Gasteiger partial charge in [0.25, 0.3) is 15.9 Å². The molecule has 0 aromatic heterocycles. The molecule has 4 rings (SSSR count). The molecule has 0 aliphatic carbocycles. The first-order chi connectivity index (χ1) is 15.7. The number of rotatable bonds is 6. The Morgan fingerprint density at radius 1 is 1.06 bits per heavy atom. The first kappa shape index (κ1) is 22.9. The number of nitrogens with zero attached hydrogens (tertiary/aromatic N) is 1. The van der Waals surface area contributed by atoms with E-state index in [1.165, 1.54) is 22.5 Å². The van der Waals surface area contributed by atoms with Crippen molar-refractivity contribution in [2.45, 2.75) is 11.3 Å². The van der Waals surface area contributed by atoms with E-state index >= 15 is 0 Å². The molecule has 1 aliphatic heterocycles. The maximum atomic E-state index is 13.7. The largest absolute Gasteiger partial charge is 0.482 e. The van der Waals surface area contributed by atoms with Gasteiger partial charge in [-0.15, -0.1) is 0 Å². The predicted molar refractivity (Wildman–Crippen MR) is 117 cm³/mol. The standard InChI is InChI=1S/C22H16ClF3N2O4S/c23-15-11-14(33(30,31)28-10-9-13-3-1-2-4-18(13)28)5-8-19(15)32-12-20(29)27-17-7-6-16(24)21(25)22(17)26/h1-8,11H,9-10,12H2,(H,27,29). The number of amides is 1. The van der Waals surface area contributed by atoms with Crippen LogP contribution in [-0.2, 0) is 21.2 Å². The normalized spacial score (nSPS) is 13.0. The van der Waals surface area contributed by atoms with E-state index in [0.29, 0.717) is 24.7 Å². The van der Waals surface area contributed by atoms with Gasteiger partial charge in [-0.3, -0.25) is 9.10 Å². The summed E-state index contributed by atoms with van der Waals surface area (Å²) in [6.07, 6.45) is 0.595. The summed E-state index contributed by atoms with van der Waals surface area (Å²) in [7, 11) is -3.87. The van der Waals surface area contributed by atoms with Crippen LogP contribution in [0.2, 0.25) is 5.02 Å². The Morgan fingerprint density at radius 2 is 1.82 bits per heavy atom. The maximum Gasteiger partial charge on any atom is 0.264 e. The molecule has 3 aromatic rings. The van der Waals surface area contributed by atoms with Crippen LogP contribution >= 0.6 is 11.6 Å². The van der Waals surface area contributed by atoms with Crippen molar-refractivity contribution in [3.05, 3.63) is 82.6 Å². The molecule has 11 heteroatoms. The lowest BCUT2D eigenvalue weighted by Gasteiger charge is -2.20. The van der Waals surface area contributed by atoms with Gasteiger partial charge < -0.3 is 10.1 Å². The van der Waals surface area contributed by atoms with Gasteiger partial charge in [0.05, 0.1) is 21.3 Å². The number of halogens is 4. The molecule has 0 atom stereocenters. The molecule has 0 fully saturated rings. The average molecular weight is 497 g/mol. The number of carbonyl (C=O) groups excluding carboxylic acids is 1. The van der Waals surface area contributed by atoms with Crippen LogP contribution in [0.3, 0.4) is 0 Å². The van der Waals surface area contributed by atoms with Crippen LogP contribution in [-0.4, -0.2) is 27.5 Å². The Kier molecular flexibility index (Phi) is 6.22. The summed E-state index contributed by atoms with van der Waals surface area (Å²) in [6.45, 7) is -0.331. The van der Waals surface area contributed by atoms with Crippen LogP contribution in [0, 0.1) is 17.5 Å². The van der Waals surface area contributed by atoms with Gasteiger partial charge >= 0.3 is 0 Å². The van der Waals surface area contributed by atoms with E-state index in [1.54, 1.807) is 12.1 Å². The molecule has 172 valence electrons. The molecule has 33 heavy (non-hydrogen) atoms. The lowest BCUT2D eigenvalue weighted by atomic mass is 10.2. The van der Waals surface area contributed by atoms with Crippen molar-refractivity contribution in [3.8, 4) is 5.75 Å². The third-order valence-electron chi connectivity index (χ3n) is 5.00. The van der Waals surface area contributed by atoms with Crippen molar-refractivity contribution in [3.63, 3.8) is 0 Å². The first-order valence-electron chi connectivity index (χ1n) is 9.65. The summed E-state index contributed by atoms with van der Waals surface area (Å²) < 4.78 is 72.7. The molecule has 0 radical (unpaired) electrons. The van der Waals surface area contributed by atoms with Crippen molar-refractivity contribution < 1.29 is 31.1 Å². The number of carbonyl (C=O) groups is 1. The topological polar surface area (TPSA) is 75.7 Å². The van der Waals surface area contributed by atoms with Gasteiger partial charge in [-0.05, 0) is 48.4 Å². The SMILES string of the molecule is O=C(COc1ccc(S(=O)(=O)N2CCc3ccccc32)cc1Cl)Nc1ccc(F)c(F)c1F. The second-order valence-electron chi connectivity index (χ2n) is 7.11. The lowest BCUT2D eigenvalue weighted by molar-refractivity contribution is -0.118. The summed E-state index contributed by atoms with van der Waals surface area (Å²) in [5, 5.41) is 2.00. The molecule has 0 saturated heterocycles. The number of benzene rings is 3. The lowest BCUT2D eigenvalue weighted by Crippen LogP contribution is -2.29. The van der Waals surface area contributed by atoms with E-state index in [4.69, 9.17) is 16.3 Å². The number of sulfonamides is 1. The Hall–Kier alpha value is -3.24. The quantitative estimate of drug-likeness (QED) is 0.509. The molecular weight excluding hydrogens is 481 g/mol. The molecule has 0 bridgehead atoms. The van der Waals surface area contributed by atoms with Crippen molar-refractivity contribution >= 4 is 38.9 Å². The molecule has 3 aromatic carbocycles. The number of hydrogen-bond acceptors (Lipinski definition) is 4. The Bertz CT molecular complexity index is 1350. The highest BCUT2D eigenvalue weighted by Crippen LogP contribution is 2.35. The minimum absolute atomic E-state index is 0.0124. The van der Waals surface area contributed by atoms with Gasteiger partial charge in [0.1, 0.15) is 5.75 Å². The van der Waals surface area contributed by atoms with E-state index < -0.39 is 45.7 Å². The molecule has 0 spiro atoms. The molecule has 0 saturated carbocycles. The van der Waals surface area contributed by atoms with Crippen molar-refractivity contribution in [2.75, 3.05) is 22.8 Å². The van der Waals surface area contributed by atoms with Crippen LogP contribution in [0.5, 0.6) is 5.75 Å². The van der Waals surface area contributed by atoms with Crippen LogP contribution in [0.4, 0.5) is 24.5 Å². The van der Waals surface area contributed by atoms with Crippen LogP contribution in [0.25, 0.3) is 0 Å². The fraction of sp³-hybridized carbons (Fsp3) is 0.136. The second kappa shape index (κ2) is 8.95. The number of fused-ring (bicyclic) bond motifs is 1. The fourth-order valence-corrected chi connectivity index (χ4v) is 5.23. The predicted octanol–water partition coefficient (Wildman–Crippen LogP) is 4.53. The van der Waals surface area contributed by atoms with E-state index in [-0.39, 0.29) is 15.7 Å². The average Bonchev–Trinajstić information content (AvgIpc) is 3.24. The zero-order valence-electron chi connectivity index (χ0n) is 16.8. The van der Waals surface area contributed by atoms with Gasteiger partial charge in [0, 0.05) is 6.54 Å². The van der Waals surface area contributed by atoms with Gasteiger partial charge in [-0.1, -0.05) is 29.8 Å². The minimum Gasteiger partial charge on any atom is -0.482 e. The maximum absolute atomic E-state index is 13.7. The third kappa shape index (κ3) is 4.49. The van der Waals surface area contributed by atoms with Crippen LogP contribution in [0.1, 0.15) is 5.56 Å². The minimum atomic E-state index is -3.87. The molecule has 0 unspecified atom stereocenters. The van der Waals surface area contributed by atoms with Gasteiger partial charge in [0.2, 0.25) is 0 Å². The van der Waals surface area contributed by atoms with E-state index in [1.807, 2.05) is 12.1 Å². The first-order valence-corrected chi connectivity index (χ1v) is 11.5. The molecular formula is C22H16ClF3N2O4S. The highest BCUT2D eigenvalue weighted by atomic mass is 35.5. The number of ether oxygens (including phenoxy) is 1. The number of hydrogen-bond donors (Lipinski definition) is 1. The molecule has 1 heterocycles. The third-order valence-corrected chi connectivity index (χ3v) is 7.11. The Labute approximate surface area is 192 Å². The van der Waals surface area contributed by atoms with Crippen LogP contribution < -0.4 is 14.4 Å². The Morgan fingerprint density at radius 3 is 2.58 bits per heavy atom. The van der Waals surface area contributed by atoms with E-state index in [2.05, 4.69) is 5.32 Å². The van der Waals surface area contributed by atoms with Crippen molar-refractivity contribution in [2.24, 2.45) is 0 Å². The summed E-state index contributed by atoms with van der Waals surface area (Å²) in [5.41, 5.74) is 0.978. The number of nitrogens with one attached hydrogen (secondary N) is 1. The summed E-state index contributed by atoms with van der Waals surface area (Å²) in [4.78, 5) is 11.9. The fourth-order valence-electron chi connectivity index (χ4n) is 3.40. The monoisotopic (exact) mass is 496 g/mol. The van der Waals surface area contributed by atoms with E-state index in [9.17, 15) is 26.4 Å². The number of anilines is 2. The van der Waals surface area contributed by atoms with Crippen molar-refractivity contribution in [1.82, 2.24) is 0 Å². The zero-order valence-corrected chi connectivity index (χ0v) is 18.4. The van der Waals surface area contributed by atoms with Gasteiger partial charge in [-0.2, -0.15) is 0 Å². The molecule has 6 nitrogen and oxygen atoms in total. The summed E-state index contributed by atoms with van der Waals surface area (Å²) in [5.74, 6) is -5.49. The molecule has 1 amide bonds. The van der Waals surface area contributed by atoms with Crippen molar-refractivity contribution in [1.29, 1.82) is 0 Å². The Balaban J connectivity index is 1.45. The molecule has 1 aliphatic rings. The highest BCUT2D eigenvalue weighted by Gasteiger charge is 2.31. The second-order valence-corrected chi connectivity index (χ2v) is 9.38. The number of para-hydroxylation sites is 1. The zero-order chi connectivity index (χ0) is 23.8. The highest BCUT2D eigenvalue weighted by molar-refractivity contribution is 7.92. The van der Waals surface area contributed by atoms with Gasteiger partial charge in [-0.25, -0.2) is 21.6 Å². The summed E-state index contributed by atoms with van der Waals surface area (Å²) in [6, 6.07) is 12.5. The van der Waals surface area contributed by atoms with E-state index in [0.717, 1.165) is 11.6 Å². The smallest absolute Gasteiger partial charge is 0.264 e. The summed E-state index contributed by atoms with van der Waals surface area (Å²) >= 11 is 6.16.